The van der Waals surface area contributed by atoms with Crippen molar-refractivity contribution in [2.24, 2.45) is 12.0 Å². The predicted octanol–water partition coefficient (Wildman–Crippen LogP) is 2.43. The van der Waals surface area contributed by atoms with Gasteiger partial charge in [0.15, 0.2) is 0 Å². The van der Waals surface area contributed by atoms with E-state index in [2.05, 4.69) is 11.2 Å². The van der Waals surface area contributed by atoms with Crippen molar-refractivity contribution in [2.75, 3.05) is 0 Å². The van der Waals surface area contributed by atoms with Crippen molar-refractivity contribution >= 4 is 17.1 Å². The molecule has 0 amide bonds. The van der Waals surface area contributed by atoms with Crippen LogP contribution in [0, 0.1) is 11.3 Å². The highest BCUT2D eigenvalue weighted by Crippen LogP contribution is 2.21. The highest BCUT2D eigenvalue weighted by molar-refractivity contribution is 7.12. The summed E-state index contributed by atoms with van der Waals surface area (Å²) in [6.07, 6.45) is 3.13. The molecule has 6 heteroatoms. The zero-order valence-corrected chi connectivity index (χ0v) is 13.1. The van der Waals surface area contributed by atoms with E-state index in [0.29, 0.717) is 24.2 Å². The first-order valence-corrected chi connectivity index (χ1v) is 8.07. The molecule has 1 aliphatic carbocycles. The number of ketones is 1. The zero-order valence-electron chi connectivity index (χ0n) is 12.3. The number of rotatable bonds is 2. The van der Waals surface area contributed by atoms with Crippen LogP contribution >= 0.6 is 11.3 Å². The molecule has 1 saturated carbocycles. The van der Waals surface area contributed by atoms with Gasteiger partial charge in [-0.15, -0.1) is 0 Å². The molecular formula is C16H16N4OS. The number of carbonyl (C=O) groups is 1. The Hall–Kier alpha value is -2.26. The van der Waals surface area contributed by atoms with E-state index in [9.17, 15) is 4.79 Å². The van der Waals surface area contributed by atoms with Crippen molar-refractivity contribution in [1.82, 2.24) is 9.78 Å². The standard InChI is InChI=1S/C16H16N4OS/c1-20-16(18-13-3-2-4-14(21)9-13)22-15(19-20)12-7-5-11(10-17)6-8-12/h5-8,13H,2-4,9H2,1H3. The van der Waals surface area contributed by atoms with Crippen LogP contribution in [-0.4, -0.2) is 21.6 Å². The van der Waals surface area contributed by atoms with Crippen LogP contribution in [0.1, 0.15) is 31.2 Å². The van der Waals surface area contributed by atoms with Crippen LogP contribution in [0.5, 0.6) is 0 Å². The van der Waals surface area contributed by atoms with Crippen molar-refractivity contribution < 1.29 is 4.79 Å². The lowest BCUT2D eigenvalue weighted by atomic mass is 9.95. The predicted molar refractivity (Wildman–Crippen MR) is 84.1 cm³/mol. The molecule has 0 N–H and O–H groups in total. The van der Waals surface area contributed by atoms with Crippen LogP contribution in [0.15, 0.2) is 29.3 Å². The molecule has 1 fully saturated rings. The second-order valence-electron chi connectivity index (χ2n) is 5.42. The summed E-state index contributed by atoms with van der Waals surface area (Å²) >= 11 is 1.51. The van der Waals surface area contributed by atoms with E-state index in [4.69, 9.17) is 10.3 Å². The van der Waals surface area contributed by atoms with Gasteiger partial charge in [-0.05, 0) is 25.0 Å². The summed E-state index contributed by atoms with van der Waals surface area (Å²) in [5.74, 6) is 0.305. The Morgan fingerprint density at radius 2 is 2.18 bits per heavy atom. The van der Waals surface area contributed by atoms with Crippen LogP contribution in [0.2, 0.25) is 0 Å². The average Bonchev–Trinajstić information content (AvgIpc) is 2.88. The Morgan fingerprint density at radius 3 is 2.86 bits per heavy atom. The Kier molecular flexibility index (Phi) is 4.16. The van der Waals surface area contributed by atoms with Crippen LogP contribution in [-0.2, 0) is 11.8 Å². The lowest BCUT2D eigenvalue weighted by Gasteiger charge is -2.15. The minimum absolute atomic E-state index is 0.0849. The van der Waals surface area contributed by atoms with Gasteiger partial charge < -0.3 is 0 Å². The van der Waals surface area contributed by atoms with E-state index in [0.717, 1.165) is 28.2 Å². The average molecular weight is 312 g/mol. The Labute approximate surface area is 132 Å². The topological polar surface area (TPSA) is 71.0 Å². The highest BCUT2D eigenvalue weighted by Gasteiger charge is 2.19. The largest absolute Gasteiger partial charge is 0.300 e. The first-order valence-electron chi connectivity index (χ1n) is 7.26. The summed E-state index contributed by atoms with van der Waals surface area (Å²) in [6, 6.07) is 9.55. The van der Waals surface area contributed by atoms with Gasteiger partial charge in [-0.1, -0.05) is 23.5 Å². The molecule has 1 aromatic heterocycles. The number of carbonyl (C=O) groups excluding carboxylic acids is 1. The molecule has 3 rings (SSSR count). The van der Waals surface area contributed by atoms with Crippen LogP contribution in [0.25, 0.3) is 10.6 Å². The van der Waals surface area contributed by atoms with Crippen molar-refractivity contribution in [2.45, 2.75) is 31.7 Å². The van der Waals surface area contributed by atoms with E-state index < -0.39 is 0 Å². The van der Waals surface area contributed by atoms with E-state index in [1.807, 2.05) is 19.2 Å². The molecule has 1 atom stereocenters. The molecule has 1 heterocycles. The molecule has 1 aromatic carbocycles. The lowest BCUT2D eigenvalue weighted by molar-refractivity contribution is -0.120. The van der Waals surface area contributed by atoms with Crippen molar-refractivity contribution in [3.8, 4) is 16.6 Å². The quantitative estimate of drug-likeness (QED) is 0.855. The van der Waals surface area contributed by atoms with Crippen LogP contribution in [0.3, 0.4) is 0 Å². The molecule has 22 heavy (non-hydrogen) atoms. The van der Waals surface area contributed by atoms with Crippen molar-refractivity contribution in [3.63, 3.8) is 0 Å². The molecule has 1 unspecified atom stereocenters. The molecule has 0 bridgehead atoms. The number of hydrogen-bond donors (Lipinski definition) is 0. The van der Waals surface area contributed by atoms with Gasteiger partial charge in [0.2, 0.25) is 4.80 Å². The number of hydrogen-bond acceptors (Lipinski definition) is 5. The van der Waals surface area contributed by atoms with Crippen LogP contribution in [0.4, 0.5) is 0 Å². The third-order valence-electron chi connectivity index (χ3n) is 3.72. The summed E-state index contributed by atoms with van der Waals surface area (Å²) < 4.78 is 1.76. The summed E-state index contributed by atoms with van der Waals surface area (Å²) in [7, 11) is 1.87. The van der Waals surface area contributed by atoms with Gasteiger partial charge >= 0.3 is 0 Å². The molecule has 1 aliphatic rings. The van der Waals surface area contributed by atoms with Gasteiger partial charge in [-0.25, -0.2) is 4.68 Å². The highest BCUT2D eigenvalue weighted by atomic mass is 32.1. The molecule has 0 radical (unpaired) electrons. The van der Waals surface area contributed by atoms with Gasteiger partial charge in [0, 0.05) is 25.5 Å². The second-order valence-corrected chi connectivity index (χ2v) is 6.38. The van der Waals surface area contributed by atoms with Crippen LogP contribution < -0.4 is 4.80 Å². The fraction of sp³-hybridized carbons (Fsp3) is 0.375. The molecule has 0 saturated heterocycles. The van der Waals surface area contributed by atoms with Gasteiger partial charge in [0.1, 0.15) is 10.8 Å². The summed E-state index contributed by atoms with van der Waals surface area (Å²) in [6.45, 7) is 0. The maximum Gasteiger partial charge on any atom is 0.203 e. The fourth-order valence-corrected chi connectivity index (χ4v) is 3.50. The Balaban J connectivity index is 1.89. The first kappa shape index (κ1) is 14.7. The SMILES string of the molecule is Cn1nc(-c2ccc(C#N)cc2)sc1=NC1CCCC(=O)C1. The minimum atomic E-state index is 0.0849. The number of nitrogens with zero attached hydrogens (tertiary/aromatic N) is 4. The third kappa shape index (κ3) is 3.15. The first-order chi connectivity index (χ1) is 10.7. The molecular weight excluding hydrogens is 296 g/mol. The van der Waals surface area contributed by atoms with Gasteiger partial charge in [0.25, 0.3) is 0 Å². The molecule has 5 nitrogen and oxygen atoms in total. The fourth-order valence-electron chi connectivity index (χ4n) is 2.53. The molecule has 0 spiro atoms. The van der Waals surface area contributed by atoms with E-state index in [1.54, 1.807) is 16.8 Å². The number of aryl methyl sites for hydroxylation is 1. The maximum atomic E-state index is 11.5. The minimum Gasteiger partial charge on any atom is -0.300 e. The van der Waals surface area contributed by atoms with Crippen molar-refractivity contribution in [3.05, 3.63) is 34.6 Å². The number of nitriles is 1. The second kappa shape index (κ2) is 6.24. The molecule has 2 aromatic rings. The smallest absolute Gasteiger partial charge is 0.203 e. The van der Waals surface area contributed by atoms with E-state index >= 15 is 0 Å². The van der Waals surface area contributed by atoms with Gasteiger partial charge in [-0.2, -0.15) is 10.4 Å². The summed E-state index contributed by atoms with van der Waals surface area (Å²) in [5.41, 5.74) is 1.61. The molecule has 0 aliphatic heterocycles. The number of aromatic nitrogens is 2. The third-order valence-corrected chi connectivity index (χ3v) is 4.78. The zero-order chi connectivity index (χ0) is 15.5. The monoisotopic (exact) mass is 312 g/mol. The summed E-state index contributed by atoms with van der Waals surface area (Å²) in [5, 5.41) is 14.2. The Morgan fingerprint density at radius 1 is 1.41 bits per heavy atom. The molecule has 112 valence electrons. The van der Waals surface area contributed by atoms with E-state index in [-0.39, 0.29) is 6.04 Å². The lowest BCUT2D eigenvalue weighted by Crippen LogP contribution is -2.22. The number of benzene rings is 1. The maximum absolute atomic E-state index is 11.5. The summed E-state index contributed by atoms with van der Waals surface area (Å²) in [4.78, 5) is 17.1. The van der Waals surface area contributed by atoms with Crippen molar-refractivity contribution in [1.29, 1.82) is 5.26 Å². The normalized spacial score (nSPS) is 19.2. The van der Waals surface area contributed by atoms with Gasteiger partial charge in [0.05, 0.1) is 17.7 Å². The Bertz CT molecular complexity index is 795. The number of Topliss-reactive ketones (excluding diaryl/α,β-unsaturated/α-hetero) is 1. The van der Waals surface area contributed by atoms with E-state index in [1.165, 1.54) is 11.3 Å². The van der Waals surface area contributed by atoms with Gasteiger partial charge in [-0.3, -0.25) is 9.79 Å².